The van der Waals surface area contributed by atoms with E-state index in [4.69, 9.17) is 4.74 Å². The highest BCUT2D eigenvalue weighted by Crippen LogP contribution is 2.34. The topological polar surface area (TPSA) is 116 Å². The number of imide groups is 1. The van der Waals surface area contributed by atoms with Crippen LogP contribution < -0.4 is 20.9 Å². The van der Waals surface area contributed by atoms with Crippen LogP contribution in [-0.4, -0.2) is 89.5 Å². The molecule has 1 atom stereocenters. The Morgan fingerprint density at radius 1 is 0.980 bits per heavy atom. The van der Waals surface area contributed by atoms with Crippen molar-refractivity contribution >= 4 is 23.5 Å². The highest BCUT2D eigenvalue weighted by atomic mass is 19.1. The van der Waals surface area contributed by atoms with Gasteiger partial charge in [-0.1, -0.05) is 12.1 Å². The molecule has 3 aromatic rings. The molecule has 51 heavy (non-hydrogen) atoms. The number of halogens is 1. The Bertz CT molecular complexity index is 1840. The molecule has 0 radical (unpaired) electrons. The number of hydrogen-bond donors (Lipinski definition) is 2. The Kier molecular flexibility index (Phi) is 10.8. The molecule has 2 aromatic carbocycles. The number of hydrogen-bond acceptors (Lipinski definition) is 7. The van der Waals surface area contributed by atoms with Gasteiger partial charge in [0.15, 0.2) is 0 Å². The SMILES string of the molecule is COc1cc(-c2cn(C)c(=O)c(C)c2C)cc(F)c1CN1CCC(N(C)C(=O)N2CCC(c3ccc(NC4CCC(=O)NC4=O)cc3)CC2)CC1. The van der Waals surface area contributed by atoms with Crippen molar-refractivity contribution < 1.29 is 23.5 Å². The molecule has 272 valence electrons. The number of nitrogens with zero attached hydrogens (tertiary/aromatic N) is 4. The summed E-state index contributed by atoms with van der Waals surface area (Å²) in [6, 6.07) is 11.3. The predicted molar refractivity (Wildman–Crippen MR) is 194 cm³/mol. The van der Waals surface area contributed by atoms with Gasteiger partial charge in [-0.05, 0) is 92.8 Å². The maximum atomic E-state index is 15.7. The Morgan fingerprint density at radius 3 is 2.31 bits per heavy atom. The minimum Gasteiger partial charge on any atom is -0.496 e. The first-order chi connectivity index (χ1) is 24.4. The molecule has 0 spiro atoms. The zero-order chi connectivity index (χ0) is 36.4. The second-order valence-corrected chi connectivity index (χ2v) is 14.3. The number of anilines is 1. The summed E-state index contributed by atoms with van der Waals surface area (Å²) in [6.07, 6.45) is 5.93. The summed E-state index contributed by atoms with van der Waals surface area (Å²) in [5.41, 5.74) is 5.44. The Hall–Kier alpha value is -4.71. The minimum absolute atomic E-state index is 0.0583. The van der Waals surface area contributed by atoms with Gasteiger partial charge in [-0.15, -0.1) is 0 Å². The highest BCUT2D eigenvalue weighted by molar-refractivity contribution is 6.01. The van der Waals surface area contributed by atoms with Crippen LogP contribution >= 0.6 is 0 Å². The summed E-state index contributed by atoms with van der Waals surface area (Å²) in [6.45, 7) is 6.94. The number of rotatable bonds is 8. The number of methoxy groups -OCH3 is 1. The summed E-state index contributed by atoms with van der Waals surface area (Å²) in [4.78, 5) is 55.5. The zero-order valence-corrected chi connectivity index (χ0v) is 30.3. The molecule has 4 amide bonds. The molecule has 1 aromatic heterocycles. The number of nitrogens with one attached hydrogen (secondary N) is 2. The van der Waals surface area contributed by atoms with E-state index in [9.17, 15) is 19.2 Å². The van der Waals surface area contributed by atoms with Crippen molar-refractivity contribution in [3.63, 3.8) is 0 Å². The second-order valence-electron chi connectivity index (χ2n) is 14.3. The number of carbonyl (C=O) groups excluding carboxylic acids is 3. The number of likely N-dealkylation sites (tertiary alicyclic amines) is 2. The van der Waals surface area contributed by atoms with Gasteiger partial charge in [-0.2, -0.15) is 0 Å². The van der Waals surface area contributed by atoms with Crippen molar-refractivity contribution in [2.75, 3.05) is 45.7 Å². The zero-order valence-electron chi connectivity index (χ0n) is 30.3. The summed E-state index contributed by atoms with van der Waals surface area (Å²) in [5, 5.41) is 5.61. The molecule has 1 unspecified atom stereocenters. The van der Waals surface area contributed by atoms with E-state index >= 15 is 4.39 Å². The number of urea groups is 1. The van der Waals surface area contributed by atoms with E-state index in [1.165, 1.54) is 16.2 Å². The fourth-order valence-corrected chi connectivity index (χ4v) is 7.73. The van der Waals surface area contributed by atoms with E-state index in [-0.39, 0.29) is 35.3 Å². The quantitative estimate of drug-likeness (QED) is 0.321. The van der Waals surface area contributed by atoms with Gasteiger partial charge in [-0.25, -0.2) is 9.18 Å². The first-order valence-corrected chi connectivity index (χ1v) is 17.9. The number of aromatic nitrogens is 1. The lowest BCUT2D eigenvalue weighted by atomic mass is 9.89. The number of pyridine rings is 1. The van der Waals surface area contributed by atoms with Crippen LogP contribution in [0.5, 0.6) is 5.75 Å². The monoisotopic (exact) mass is 700 g/mol. The molecule has 0 saturated carbocycles. The molecule has 6 rings (SSSR count). The van der Waals surface area contributed by atoms with E-state index < -0.39 is 6.04 Å². The average molecular weight is 701 g/mol. The lowest BCUT2D eigenvalue weighted by Gasteiger charge is -2.40. The third-order valence-electron chi connectivity index (χ3n) is 11.1. The molecular formula is C39H49FN6O5. The standard InChI is InChI=1S/C39H49FN6O5/c1-24-25(2)38(49)43(3)22-31(24)28-20-33(40)32(35(21-28)51-5)23-45-16-14-30(15-17-45)44(4)39(50)46-18-12-27(13-19-46)26-6-8-29(9-7-26)41-34-10-11-36(47)42-37(34)48/h6-9,20-22,27,30,34,41H,10-19,23H2,1-5H3,(H,42,47,48). The van der Waals surface area contributed by atoms with E-state index in [1.54, 1.807) is 27.3 Å². The maximum Gasteiger partial charge on any atom is 0.319 e. The van der Waals surface area contributed by atoms with E-state index in [0.717, 1.165) is 55.6 Å². The van der Waals surface area contributed by atoms with Gasteiger partial charge in [0, 0.05) is 87.9 Å². The Morgan fingerprint density at radius 2 is 1.67 bits per heavy atom. The molecule has 2 N–H and O–H groups in total. The van der Waals surface area contributed by atoms with Gasteiger partial charge in [-0.3, -0.25) is 24.6 Å². The third kappa shape index (κ3) is 7.80. The van der Waals surface area contributed by atoms with Gasteiger partial charge in [0.05, 0.1) is 7.11 Å². The summed E-state index contributed by atoms with van der Waals surface area (Å²) in [5.74, 6) is -0.0185. The van der Waals surface area contributed by atoms with E-state index in [0.29, 0.717) is 60.8 Å². The molecule has 3 aliphatic rings. The molecule has 3 fully saturated rings. The van der Waals surface area contributed by atoms with Gasteiger partial charge >= 0.3 is 6.03 Å². The molecule has 0 bridgehead atoms. The largest absolute Gasteiger partial charge is 0.496 e. The van der Waals surface area contributed by atoms with Gasteiger partial charge in [0.1, 0.15) is 17.6 Å². The van der Waals surface area contributed by atoms with Crippen molar-refractivity contribution in [1.29, 1.82) is 0 Å². The van der Waals surface area contributed by atoms with Crippen LogP contribution in [0.3, 0.4) is 0 Å². The molecule has 12 heteroatoms. The normalized spacial score (nSPS) is 19.2. The maximum absolute atomic E-state index is 15.7. The van der Waals surface area contributed by atoms with Crippen molar-refractivity contribution in [2.24, 2.45) is 7.05 Å². The molecule has 11 nitrogen and oxygen atoms in total. The Labute approximate surface area is 298 Å². The van der Waals surface area contributed by atoms with Gasteiger partial charge in [0.25, 0.3) is 5.56 Å². The molecule has 3 aliphatic heterocycles. The highest BCUT2D eigenvalue weighted by Gasteiger charge is 2.32. The molecule has 4 heterocycles. The van der Waals surface area contributed by atoms with Crippen LogP contribution in [0.1, 0.15) is 66.7 Å². The van der Waals surface area contributed by atoms with Crippen LogP contribution in [0.25, 0.3) is 11.1 Å². The predicted octanol–water partition coefficient (Wildman–Crippen LogP) is 4.93. The van der Waals surface area contributed by atoms with E-state index in [1.807, 2.05) is 42.0 Å². The smallest absolute Gasteiger partial charge is 0.319 e. The number of carbonyl (C=O) groups is 3. The fourth-order valence-electron chi connectivity index (χ4n) is 7.73. The molecule has 0 aliphatic carbocycles. The molecular weight excluding hydrogens is 651 g/mol. The number of ether oxygens (including phenoxy) is 1. The van der Waals surface area contributed by atoms with Crippen LogP contribution in [-0.2, 0) is 23.2 Å². The van der Waals surface area contributed by atoms with Crippen molar-refractivity contribution in [1.82, 2.24) is 24.6 Å². The first kappa shape index (κ1) is 36.1. The molecule has 3 saturated heterocycles. The lowest BCUT2D eigenvalue weighted by molar-refractivity contribution is -0.133. The van der Waals surface area contributed by atoms with Crippen LogP contribution in [0.15, 0.2) is 47.4 Å². The van der Waals surface area contributed by atoms with Crippen LogP contribution in [0, 0.1) is 19.7 Å². The van der Waals surface area contributed by atoms with E-state index in [2.05, 4.69) is 27.7 Å². The van der Waals surface area contributed by atoms with Crippen LogP contribution in [0.2, 0.25) is 0 Å². The average Bonchev–Trinajstić information content (AvgIpc) is 3.14. The van der Waals surface area contributed by atoms with Gasteiger partial charge in [0.2, 0.25) is 11.8 Å². The number of amides is 4. The summed E-state index contributed by atoms with van der Waals surface area (Å²) in [7, 11) is 5.15. The lowest BCUT2D eigenvalue weighted by Crippen LogP contribution is -2.51. The van der Waals surface area contributed by atoms with Crippen molar-refractivity contribution in [3.05, 3.63) is 81.0 Å². The summed E-state index contributed by atoms with van der Waals surface area (Å²) < 4.78 is 22.9. The second kappa shape index (κ2) is 15.3. The fraction of sp³-hybridized carbons (Fsp3) is 0.487. The van der Waals surface area contributed by atoms with Crippen molar-refractivity contribution in [2.45, 2.75) is 76.9 Å². The number of aryl methyl sites for hydroxylation is 1. The Balaban J connectivity index is 0.991. The number of benzene rings is 2. The summed E-state index contributed by atoms with van der Waals surface area (Å²) >= 11 is 0. The number of piperidine rings is 3. The first-order valence-electron chi connectivity index (χ1n) is 17.9. The minimum atomic E-state index is -0.412. The third-order valence-corrected chi connectivity index (χ3v) is 11.1. The van der Waals surface area contributed by atoms with Gasteiger partial charge < -0.3 is 24.4 Å². The van der Waals surface area contributed by atoms with Crippen molar-refractivity contribution in [3.8, 4) is 16.9 Å². The van der Waals surface area contributed by atoms with Crippen LogP contribution in [0.4, 0.5) is 14.9 Å².